The number of benzene rings is 1. The summed E-state index contributed by atoms with van der Waals surface area (Å²) in [4.78, 5) is 40.0. The van der Waals surface area contributed by atoms with Gasteiger partial charge in [-0.3, -0.25) is 13.9 Å². The van der Waals surface area contributed by atoms with Crippen LogP contribution in [0, 0.1) is 0 Å². The monoisotopic (exact) mass is 613 g/mol. The molecule has 1 saturated heterocycles. The topological polar surface area (TPSA) is 177 Å². The molecule has 0 saturated carbocycles. The van der Waals surface area contributed by atoms with E-state index in [4.69, 9.17) is 30.3 Å². The Morgan fingerprint density at radius 1 is 1.32 bits per heavy atom. The Kier molecular flexibility index (Phi) is 9.57. The number of aliphatic hydroxyl groups is 1. The van der Waals surface area contributed by atoms with E-state index in [1.165, 1.54) is 49.0 Å². The van der Waals surface area contributed by atoms with Crippen LogP contribution in [0.4, 0.5) is 10.2 Å². The van der Waals surface area contributed by atoms with Crippen molar-refractivity contribution >= 4 is 42.7 Å². The highest BCUT2D eigenvalue weighted by Crippen LogP contribution is 2.41. The van der Waals surface area contributed by atoms with E-state index >= 15 is 4.39 Å². The number of imidazole rings is 1. The van der Waals surface area contributed by atoms with Crippen molar-refractivity contribution in [3.63, 3.8) is 0 Å². The zero-order valence-electron chi connectivity index (χ0n) is 22.8. The molecule has 3 aromatic rings. The van der Waals surface area contributed by atoms with Gasteiger partial charge in [0.05, 0.1) is 12.4 Å². The second-order valence-corrected chi connectivity index (χ2v) is 10.8. The Balaban J connectivity index is 1.37. The first-order valence-electron chi connectivity index (χ1n) is 12.5. The molecule has 0 bridgehead atoms. The highest BCUT2D eigenvalue weighted by Gasteiger charge is 2.54. The van der Waals surface area contributed by atoms with Crippen LogP contribution in [-0.4, -0.2) is 74.3 Å². The van der Waals surface area contributed by atoms with Crippen LogP contribution in [0.2, 0.25) is 5.28 Å². The highest BCUT2D eigenvalue weighted by molar-refractivity contribution is 7.33. The molecule has 0 amide bonds. The van der Waals surface area contributed by atoms with Crippen LogP contribution in [0.15, 0.2) is 35.4 Å². The number of anilines is 1. The van der Waals surface area contributed by atoms with E-state index in [1.807, 2.05) is 0 Å². The van der Waals surface area contributed by atoms with Gasteiger partial charge in [0.2, 0.25) is 5.28 Å². The molecule has 3 heterocycles. The summed E-state index contributed by atoms with van der Waals surface area (Å²) in [5.74, 6) is 0.405. The van der Waals surface area contributed by atoms with Crippen LogP contribution < -0.4 is 24.9 Å². The molecule has 1 aliphatic heterocycles. The van der Waals surface area contributed by atoms with Crippen molar-refractivity contribution in [2.45, 2.75) is 63.9 Å². The summed E-state index contributed by atoms with van der Waals surface area (Å²) in [6.07, 6.45) is -3.56. The first kappa shape index (κ1) is 30.8. The van der Waals surface area contributed by atoms with Gasteiger partial charge in [0.15, 0.2) is 35.1 Å². The van der Waals surface area contributed by atoms with E-state index in [0.29, 0.717) is 17.1 Å². The van der Waals surface area contributed by atoms with Gasteiger partial charge in [0.25, 0.3) is 0 Å². The number of alkyl halides is 1. The smallest absolute Gasteiger partial charge is 0.412 e. The van der Waals surface area contributed by atoms with Gasteiger partial charge in [-0.1, -0.05) is 0 Å². The molecule has 0 spiro atoms. The maximum absolute atomic E-state index is 15.3. The molecule has 14 nitrogen and oxygen atoms in total. The fraction of sp³-hybridized carbons (Fsp3) is 0.500. The Bertz CT molecular complexity index is 1410. The Morgan fingerprint density at radius 2 is 2.00 bits per heavy atom. The predicted octanol–water partition coefficient (Wildman–Crippen LogP) is 2.67. The molecular weight excluding hydrogens is 584 g/mol. The van der Waals surface area contributed by atoms with Crippen LogP contribution in [0.1, 0.15) is 33.9 Å². The van der Waals surface area contributed by atoms with Crippen molar-refractivity contribution in [1.29, 1.82) is 0 Å². The number of fused-ring (bicyclic) bond motifs is 1. The van der Waals surface area contributed by atoms with Crippen molar-refractivity contribution in [2.24, 2.45) is 4.85 Å². The number of carbonyl (C=O) groups is 1. The SMILES string of the molecule is CNc1nc(Cl)nc2c1ncn2[C@@H]1O[C@](C)(COc2ccc(O/[P+]([O-])=N/N[C@@H](C)C(=O)OC(C)C)cc2)[C@@H](O)[C@H]1F. The summed E-state index contributed by atoms with van der Waals surface area (Å²) >= 11 is 6.01. The third-order valence-electron chi connectivity index (χ3n) is 6.07. The summed E-state index contributed by atoms with van der Waals surface area (Å²) in [5, 5.41) is 13.5. The van der Waals surface area contributed by atoms with E-state index in [0.717, 1.165) is 0 Å². The van der Waals surface area contributed by atoms with Crippen molar-refractivity contribution in [3.05, 3.63) is 35.9 Å². The molecule has 1 unspecified atom stereocenters. The molecule has 6 atom stereocenters. The molecule has 4 rings (SSSR count). The van der Waals surface area contributed by atoms with Crippen LogP contribution in [0.3, 0.4) is 0 Å². The van der Waals surface area contributed by atoms with Gasteiger partial charge in [0, 0.05) is 11.9 Å². The van der Waals surface area contributed by atoms with Gasteiger partial charge in [-0.2, -0.15) is 15.4 Å². The molecule has 3 N–H and O–H groups in total. The Hall–Kier alpha value is -3.20. The molecule has 0 aliphatic carbocycles. The van der Waals surface area contributed by atoms with Gasteiger partial charge in [0.1, 0.15) is 30.1 Å². The van der Waals surface area contributed by atoms with Gasteiger partial charge in [-0.25, -0.2) is 9.37 Å². The maximum Gasteiger partial charge on any atom is 0.412 e. The molecule has 17 heteroatoms. The van der Waals surface area contributed by atoms with Gasteiger partial charge in [-0.15, -0.1) is 0 Å². The number of ether oxygens (including phenoxy) is 3. The summed E-state index contributed by atoms with van der Waals surface area (Å²) in [6.45, 7) is 6.27. The average Bonchev–Trinajstić information content (AvgIpc) is 3.44. The van der Waals surface area contributed by atoms with Crippen LogP contribution in [0.5, 0.6) is 11.5 Å². The number of nitrogens with one attached hydrogen (secondary N) is 2. The van der Waals surface area contributed by atoms with Crippen LogP contribution >= 0.6 is 19.8 Å². The standard InChI is InChI=1S/C24H30ClFN7O7P/c1-12(2)38-22(35)13(3)31-32-41(36)40-15-8-6-14(7-9-15)37-10-24(4)18(34)16(26)21(39-24)33-11-28-17-19(27-5)29-23(25)30-20(17)33/h6-9,11-13,16,18,21,31,34H,10H2,1-5H3,(H,27,29,30)/t13-,16+,18-,21+,24+/m0/s1. The second-order valence-electron chi connectivity index (χ2n) is 9.65. The van der Waals surface area contributed by atoms with Crippen molar-refractivity contribution in [2.75, 3.05) is 19.0 Å². The maximum atomic E-state index is 15.3. The molecule has 1 aromatic carbocycles. The molecule has 41 heavy (non-hydrogen) atoms. The van der Waals surface area contributed by atoms with Crippen molar-refractivity contribution in [3.8, 4) is 11.5 Å². The lowest BCUT2D eigenvalue weighted by Crippen LogP contribution is -2.44. The molecule has 2 aromatic heterocycles. The van der Waals surface area contributed by atoms with Crippen LogP contribution in [-0.2, 0) is 14.3 Å². The number of carbonyl (C=O) groups excluding carboxylic acids is 1. The minimum Gasteiger partial charge on any atom is -0.574 e. The normalized spacial score (nSPS) is 23.6. The lowest BCUT2D eigenvalue weighted by Gasteiger charge is -2.27. The lowest BCUT2D eigenvalue weighted by molar-refractivity contribution is -0.169. The minimum absolute atomic E-state index is 0.0635. The number of rotatable bonds is 11. The number of hydrogen-bond acceptors (Lipinski definition) is 12. The van der Waals surface area contributed by atoms with Crippen molar-refractivity contribution in [1.82, 2.24) is 24.9 Å². The number of aromatic nitrogens is 4. The van der Waals surface area contributed by atoms with E-state index in [1.54, 1.807) is 20.9 Å². The molecule has 1 aliphatic rings. The third-order valence-corrected chi connectivity index (χ3v) is 6.88. The van der Waals surface area contributed by atoms with E-state index in [9.17, 15) is 14.8 Å². The third kappa shape index (κ3) is 7.00. The first-order valence-corrected chi connectivity index (χ1v) is 14.0. The van der Waals surface area contributed by atoms with E-state index in [2.05, 4.69) is 30.5 Å². The lowest BCUT2D eigenvalue weighted by atomic mass is 9.99. The zero-order chi connectivity index (χ0) is 29.9. The number of aliphatic hydroxyl groups excluding tert-OH is 1. The summed E-state index contributed by atoms with van der Waals surface area (Å²) in [5.41, 5.74) is 1.61. The average molecular weight is 614 g/mol. The summed E-state index contributed by atoms with van der Waals surface area (Å²) in [7, 11) is -0.889. The van der Waals surface area contributed by atoms with E-state index in [-0.39, 0.29) is 29.4 Å². The van der Waals surface area contributed by atoms with Crippen LogP contribution in [0.25, 0.3) is 11.2 Å². The second kappa shape index (κ2) is 12.8. The molecular formula is C24H30ClFN7O7P. The summed E-state index contributed by atoms with van der Waals surface area (Å²) in [6, 6.07) is 5.24. The van der Waals surface area contributed by atoms with E-state index < -0.39 is 44.3 Å². The fourth-order valence-electron chi connectivity index (χ4n) is 3.94. The zero-order valence-corrected chi connectivity index (χ0v) is 24.5. The quantitative estimate of drug-likeness (QED) is 0.125. The number of nitrogens with zero attached hydrogens (tertiary/aromatic N) is 5. The number of halogens is 2. The van der Waals surface area contributed by atoms with Gasteiger partial charge < -0.3 is 29.5 Å². The fourth-order valence-corrected chi connectivity index (χ4v) is 4.71. The Labute approximate surface area is 240 Å². The minimum atomic E-state index is -2.53. The number of hydrogen-bond donors (Lipinski definition) is 3. The molecule has 1 fully saturated rings. The first-order chi connectivity index (χ1) is 19.4. The Morgan fingerprint density at radius 3 is 2.66 bits per heavy atom. The highest BCUT2D eigenvalue weighted by atomic mass is 35.5. The number of esters is 1. The van der Waals surface area contributed by atoms with Crippen molar-refractivity contribution < 1.29 is 37.9 Å². The molecule has 222 valence electrons. The summed E-state index contributed by atoms with van der Waals surface area (Å²) < 4.78 is 38.7. The predicted molar refractivity (Wildman–Crippen MR) is 145 cm³/mol. The van der Waals surface area contributed by atoms with Gasteiger partial charge >= 0.3 is 14.1 Å². The van der Waals surface area contributed by atoms with Gasteiger partial charge in [-0.05, 0) is 63.6 Å². The molecule has 0 radical (unpaired) electrons. The largest absolute Gasteiger partial charge is 0.574 e.